The molecule has 2 aromatic carbocycles. The van der Waals surface area contributed by atoms with Gasteiger partial charge in [0, 0.05) is 0 Å². The average molecular weight is 348 g/mol. The summed E-state index contributed by atoms with van der Waals surface area (Å²) in [5, 5.41) is 0. The molecule has 0 heterocycles. The molecular formula is C18H12N4O4. The Bertz CT molecular complexity index is 990. The van der Waals surface area contributed by atoms with Crippen LogP contribution in [0.2, 0.25) is 0 Å². The van der Waals surface area contributed by atoms with Crippen molar-refractivity contribution in [3.05, 3.63) is 47.5 Å². The van der Waals surface area contributed by atoms with E-state index in [4.69, 9.17) is 0 Å². The molecule has 0 N–H and O–H groups in total. The van der Waals surface area contributed by atoms with Crippen LogP contribution in [-0.2, 0) is 19.2 Å². The molecule has 8 nitrogen and oxygen atoms in total. The van der Waals surface area contributed by atoms with Crippen LogP contribution in [0.3, 0.4) is 0 Å². The third kappa shape index (κ3) is 6.22. The highest BCUT2D eigenvalue weighted by Gasteiger charge is 1.98. The van der Waals surface area contributed by atoms with Crippen LogP contribution in [0.15, 0.2) is 56.4 Å². The summed E-state index contributed by atoms with van der Waals surface area (Å²) < 4.78 is 0. The molecule has 8 heteroatoms. The predicted octanol–water partition coefficient (Wildman–Crippen LogP) is 3.86. The van der Waals surface area contributed by atoms with Gasteiger partial charge in [0.25, 0.3) is 0 Å². The Balaban J connectivity index is 0.000000260. The number of benzene rings is 2. The highest BCUT2D eigenvalue weighted by molar-refractivity contribution is 5.62. The molecule has 0 saturated heterocycles. The van der Waals surface area contributed by atoms with E-state index in [0.29, 0.717) is 22.7 Å². The fraction of sp³-hybridized carbons (Fsp3) is 0.111. The van der Waals surface area contributed by atoms with E-state index in [1.807, 2.05) is 0 Å². The van der Waals surface area contributed by atoms with Gasteiger partial charge in [0.1, 0.15) is 0 Å². The number of aryl methyl sites for hydroxylation is 2. The molecule has 0 spiro atoms. The molecular weight excluding hydrogens is 336 g/mol. The normalized spacial score (nSPS) is 8.38. The van der Waals surface area contributed by atoms with Crippen molar-refractivity contribution in [1.29, 1.82) is 0 Å². The molecule has 0 aliphatic carbocycles. The van der Waals surface area contributed by atoms with Gasteiger partial charge in [0.15, 0.2) is 0 Å². The van der Waals surface area contributed by atoms with Crippen LogP contribution in [0.4, 0.5) is 22.7 Å². The van der Waals surface area contributed by atoms with Crippen molar-refractivity contribution in [2.75, 3.05) is 0 Å². The Hall–Kier alpha value is -4.04. The second-order valence-electron chi connectivity index (χ2n) is 4.75. The lowest BCUT2D eigenvalue weighted by Gasteiger charge is -1.97. The Morgan fingerprint density at radius 1 is 0.577 bits per heavy atom. The van der Waals surface area contributed by atoms with Crippen molar-refractivity contribution in [2.45, 2.75) is 13.8 Å². The Morgan fingerprint density at radius 2 is 1.08 bits per heavy atom. The molecule has 0 aliphatic rings. The molecule has 0 fully saturated rings. The van der Waals surface area contributed by atoms with E-state index in [0.717, 1.165) is 11.1 Å². The van der Waals surface area contributed by atoms with Gasteiger partial charge in [0.05, 0.1) is 22.7 Å². The third-order valence-electron chi connectivity index (χ3n) is 3.05. The lowest BCUT2D eigenvalue weighted by atomic mass is 10.2. The summed E-state index contributed by atoms with van der Waals surface area (Å²) in [5.41, 5.74) is 3.51. The Kier molecular flexibility index (Phi) is 8.22. The molecule has 0 atom stereocenters. The molecule has 0 radical (unpaired) electrons. The van der Waals surface area contributed by atoms with Gasteiger partial charge in [-0.05, 0) is 55.3 Å². The average Bonchev–Trinajstić information content (AvgIpc) is 2.62. The fourth-order valence-electron chi connectivity index (χ4n) is 1.83. The fourth-order valence-corrected chi connectivity index (χ4v) is 1.83. The molecule has 0 saturated carbocycles. The molecule has 0 aliphatic heterocycles. The van der Waals surface area contributed by atoms with E-state index in [1.165, 1.54) is 30.4 Å². The van der Waals surface area contributed by atoms with Crippen LogP contribution < -0.4 is 0 Å². The second kappa shape index (κ2) is 10.7. The third-order valence-corrected chi connectivity index (χ3v) is 3.05. The summed E-state index contributed by atoms with van der Waals surface area (Å²) in [6.07, 6.45) is 5.71. The van der Waals surface area contributed by atoms with Gasteiger partial charge in [-0.1, -0.05) is 6.07 Å². The Morgan fingerprint density at radius 3 is 1.62 bits per heavy atom. The minimum absolute atomic E-state index is 0.426. The summed E-state index contributed by atoms with van der Waals surface area (Å²) in [6.45, 7) is 3.56. The monoisotopic (exact) mass is 348 g/mol. The predicted molar refractivity (Wildman–Crippen MR) is 93.5 cm³/mol. The number of hydrogen-bond donors (Lipinski definition) is 0. The Labute approximate surface area is 148 Å². The largest absolute Gasteiger partial charge is 0.240 e. The van der Waals surface area contributed by atoms with Crippen LogP contribution in [0.1, 0.15) is 11.1 Å². The van der Waals surface area contributed by atoms with Gasteiger partial charge in [-0.3, -0.25) is 0 Å². The molecule has 2 rings (SSSR count). The topological polar surface area (TPSA) is 118 Å². The van der Waals surface area contributed by atoms with Crippen molar-refractivity contribution in [2.24, 2.45) is 20.0 Å². The quantitative estimate of drug-likeness (QED) is 0.615. The standard InChI is InChI=1S/2C9H6N2O2/c1-7-4-8(10-5-12)2-3-9(7)11-6-13;1-7-2-3-8(10-5-12)4-9(7)11-6-13/h2*2-4H,1H3. The first-order chi connectivity index (χ1) is 12.5. The highest BCUT2D eigenvalue weighted by Crippen LogP contribution is 2.24. The number of hydrogen-bond acceptors (Lipinski definition) is 8. The van der Waals surface area contributed by atoms with Crippen LogP contribution in [0.5, 0.6) is 0 Å². The van der Waals surface area contributed by atoms with Crippen molar-refractivity contribution >= 4 is 47.1 Å². The molecule has 0 aromatic heterocycles. The lowest BCUT2D eigenvalue weighted by Crippen LogP contribution is -1.73. The van der Waals surface area contributed by atoms with Gasteiger partial charge in [-0.2, -0.15) is 20.0 Å². The summed E-state index contributed by atoms with van der Waals surface area (Å²) >= 11 is 0. The number of rotatable bonds is 4. The maximum atomic E-state index is 10.00. The van der Waals surface area contributed by atoms with E-state index in [2.05, 4.69) is 20.0 Å². The minimum Gasteiger partial charge on any atom is -0.211 e. The number of carbonyl (C=O) groups excluding carboxylic acids is 4. The van der Waals surface area contributed by atoms with E-state index >= 15 is 0 Å². The molecule has 0 unspecified atom stereocenters. The van der Waals surface area contributed by atoms with Gasteiger partial charge >= 0.3 is 0 Å². The van der Waals surface area contributed by atoms with Gasteiger partial charge in [-0.25, -0.2) is 19.2 Å². The maximum Gasteiger partial charge on any atom is 0.240 e. The molecule has 26 heavy (non-hydrogen) atoms. The number of isocyanates is 4. The zero-order valence-corrected chi connectivity index (χ0v) is 13.9. The molecule has 0 amide bonds. The SMILES string of the molecule is Cc1cc(N=C=O)ccc1N=C=O.Cc1ccc(N=C=O)cc1N=C=O. The summed E-state index contributed by atoms with van der Waals surface area (Å²) in [6, 6.07) is 9.69. The van der Waals surface area contributed by atoms with Crippen molar-refractivity contribution < 1.29 is 19.2 Å². The molecule has 0 bridgehead atoms. The van der Waals surface area contributed by atoms with Gasteiger partial charge < -0.3 is 0 Å². The molecule has 2 aromatic rings. The van der Waals surface area contributed by atoms with E-state index in [9.17, 15) is 19.2 Å². The van der Waals surface area contributed by atoms with E-state index in [-0.39, 0.29) is 0 Å². The summed E-state index contributed by atoms with van der Waals surface area (Å²) in [4.78, 5) is 53.5. The number of aliphatic imine (C=N–C) groups is 4. The highest BCUT2D eigenvalue weighted by atomic mass is 16.1. The van der Waals surface area contributed by atoms with Crippen LogP contribution in [0.25, 0.3) is 0 Å². The zero-order valence-electron chi connectivity index (χ0n) is 13.9. The zero-order chi connectivity index (χ0) is 19.4. The number of nitrogens with zero attached hydrogens (tertiary/aromatic N) is 4. The van der Waals surface area contributed by atoms with Crippen LogP contribution in [-0.4, -0.2) is 24.3 Å². The summed E-state index contributed by atoms with van der Waals surface area (Å²) in [5.74, 6) is 0. The minimum atomic E-state index is 0.426. The van der Waals surface area contributed by atoms with Crippen LogP contribution in [0, 0.1) is 13.8 Å². The van der Waals surface area contributed by atoms with Gasteiger partial charge in [-0.15, -0.1) is 0 Å². The summed E-state index contributed by atoms with van der Waals surface area (Å²) in [7, 11) is 0. The van der Waals surface area contributed by atoms with Gasteiger partial charge in [0.2, 0.25) is 24.3 Å². The van der Waals surface area contributed by atoms with E-state index in [1.54, 1.807) is 44.2 Å². The first kappa shape index (κ1) is 20.0. The second-order valence-corrected chi connectivity index (χ2v) is 4.75. The lowest BCUT2D eigenvalue weighted by molar-refractivity contribution is 0.564. The first-order valence-corrected chi connectivity index (χ1v) is 7.08. The van der Waals surface area contributed by atoms with Crippen molar-refractivity contribution in [3.63, 3.8) is 0 Å². The van der Waals surface area contributed by atoms with Crippen molar-refractivity contribution in [1.82, 2.24) is 0 Å². The molecule has 128 valence electrons. The first-order valence-electron chi connectivity index (χ1n) is 7.08. The smallest absolute Gasteiger partial charge is 0.211 e. The van der Waals surface area contributed by atoms with E-state index < -0.39 is 0 Å². The van der Waals surface area contributed by atoms with Crippen LogP contribution >= 0.6 is 0 Å². The van der Waals surface area contributed by atoms with Crippen molar-refractivity contribution in [3.8, 4) is 0 Å². The maximum absolute atomic E-state index is 10.00.